The fourth-order valence-corrected chi connectivity index (χ4v) is 5.01. The third-order valence-corrected chi connectivity index (χ3v) is 6.79. The maximum absolute atomic E-state index is 13.4. The smallest absolute Gasteiger partial charge is 0.416 e. The minimum absolute atomic E-state index is 0.157. The Morgan fingerprint density at radius 2 is 1.91 bits per heavy atom. The molecule has 0 radical (unpaired) electrons. The topological polar surface area (TPSA) is 48.7 Å². The molecular formula is C26H26F3N3O2. The van der Waals surface area contributed by atoms with E-state index in [1.165, 1.54) is 11.6 Å². The first-order chi connectivity index (χ1) is 16.3. The van der Waals surface area contributed by atoms with Crippen LogP contribution in [0.1, 0.15) is 22.5 Å². The van der Waals surface area contributed by atoms with Crippen LogP contribution in [0.4, 0.5) is 24.5 Å². The Hall–Kier alpha value is -3.42. The van der Waals surface area contributed by atoms with Crippen molar-refractivity contribution in [2.45, 2.75) is 32.1 Å². The molecule has 0 unspecified atom stereocenters. The van der Waals surface area contributed by atoms with Crippen molar-refractivity contribution >= 4 is 17.3 Å². The number of benzene rings is 2. The fourth-order valence-electron chi connectivity index (χ4n) is 5.01. The Bertz CT molecular complexity index is 1160. The number of piperazine rings is 1. The number of halogens is 3. The van der Waals surface area contributed by atoms with Gasteiger partial charge in [-0.25, -0.2) is 0 Å². The Balaban J connectivity index is 1.45. The average Bonchev–Trinajstić information content (AvgIpc) is 3.35. The number of carbonyl (C=O) groups is 1. The summed E-state index contributed by atoms with van der Waals surface area (Å²) in [5.74, 6) is -0.0369. The van der Waals surface area contributed by atoms with Crippen LogP contribution in [-0.4, -0.2) is 31.6 Å². The second kappa shape index (κ2) is 8.74. The predicted octanol–water partition coefficient (Wildman–Crippen LogP) is 4.79. The van der Waals surface area contributed by atoms with Crippen molar-refractivity contribution in [3.63, 3.8) is 0 Å². The first-order valence-corrected chi connectivity index (χ1v) is 11.4. The number of hydrogen-bond donors (Lipinski definition) is 1. The lowest BCUT2D eigenvalue weighted by Crippen LogP contribution is -2.61. The molecule has 2 atom stereocenters. The van der Waals surface area contributed by atoms with E-state index in [1.807, 2.05) is 6.92 Å². The number of fused-ring (bicyclic) bond motifs is 3. The van der Waals surface area contributed by atoms with Crippen LogP contribution >= 0.6 is 0 Å². The zero-order valence-electron chi connectivity index (χ0n) is 18.8. The zero-order chi connectivity index (χ0) is 23.9. The lowest BCUT2D eigenvalue weighted by atomic mass is 9.82. The summed E-state index contributed by atoms with van der Waals surface area (Å²) in [4.78, 5) is 17.7. The Morgan fingerprint density at radius 3 is 2.62 bits per heavy atom. The fraction of sp³-hybridized carbons (Fsp3) is 0.346. The monoisotopic (exact) mass is 469 g/mol. The van der Waals surface area contributed by atoms with Gasteiger partial charge in [0.2, 0.25) is 5.91 Å². The predicted molar refractivity (Wildman–Crippen MR) is 124 cm³/mol. The van der Waals surface area contributed by atoms with Crippen LogP contribution in [-0.2, 0) is 23.9 Å². The van der Waals surface area contributed by atoms with E-state index in [9.17, 15) is 18.0 Å². The first kappa shape index (κ1) is 22.4. The van der Waals surface area contributed by atoms with E-state index < -0.39 is 17.7 Å². The number of rotatable bonds is 4. The van der Waals surface area contributed by atoms with Gasteiger partial charge in [-0.05, 0) is 61.4 Å². The number of amides is 1. The maximum Gasteiger partial charge on any atom is 0.416 e. The van der Waals surface area contributed by atoms with Crippen molar-refractivity contribution in [1.82, 2.24) is 5.32 Å². The van der Waals surface area contributed by atoms with Gasteiger partial charge in [-0.1, -0.05) is 17.7 Å². The number of nitrogens with one attached hydrogen (secondary N) is 1. The molecule has 3 heterocycles. The van der Waals surface area contributed by atoms with Crippen LogP contribution in [0, 0.1) is 12.8 Å². The molecule has 0 spiro atoms. The van der Waals surface area contributed by atoms with Crippen LogP contribution < -0.4 is 15.1 Å². The van der Waals surface area contributed by atoms with Crippen LogP contribution in [0.5, 0.6) is 0 Å². The standard InChI is InChI=1S/C26H26F3N3O2/c1-17-4-7-20(8-5-17)31-10-11-32-23-9-6-19(26(27,28)29)13-18(23)14-22(24(32)16-31)25(33)30-15-21-3-2-12-34-21/h2-9,12-13,22,24H,10-11,14-16H2,1H3,(H,30,33)/t22-,24-/m1/s1. The average molecular weight is 470 g/mol. The molecule has 3 aromatic rings. The third-order valence-electron chi connectivity index (χ3n) is 6.79. The third kappa shape index (κ3) is 4.36. The van der Waals surface area contributed by atoms with Gasteiger partial charge in [0, 0.05) is 31.0 Å². The largest absolute Gasteiger partial charge is 0.467 e. The Labute approximate surface area is 196 Å². The van der Waals surface area contributed by atoms with E-state index in [-0.39, 0.29) is 24.9 Å². The quantitative estimate of drug-likeness (QED) is 0.597. The van der Waals surface area contributed by atoms with Gasteiger partial charge in [0.05, 0.1) is 30.3 Å². The van der Waals surface area contributed by atoms with E-state index in [1.54, 1.807) is 24.5 Å². The molecular weight excluding hydrogens is 443 g/mol. The van der Waals surface area contributed by atoms with Crippen LogP contribution in [0.25, 0.3) is 0 Å². The molecule has 5 nitrogen and oxygen atoms in total. The summed E-state index contributed by atoms with van der Waals surface area (Å²) in [6.45, 7) is 4.24. The van der Waals surface area contributed by atoms with Crippen LogP contribution in [0.15, 0.2) is 65.3 Å². The Kier molecular flexibility index (Phi) is 5.75. The summed E-state index contributed by atoms with van der Waals surface area (Å²) >= 11 is 0. The number of nitrogens with zero attached hydrogens (tertiary/aromatic N) is 2. The molecule has 2 aliphatic rings. The van der Waals surface area contributed by atoms with E-state index in [0.717, 1.165) is 24.0 Å². The summed E-state index contributed by atoms with van der Waals surface area (Å²) in [5.41, 5.74) is 2.92. The van der Waals surface area contributed by atoms with Gasteiger partial charge in [-0.3, -0.25) is 4.79 Å². The molecule has 0 saturated carbocycles. The van der Waals surface area contributed by atoms with Crippen molar-refractivity contribution in [3.05, 3.63) is 83.3 Å². The number of hydrogen-bond acceptors (Lipinski definition) is 4. The molecule has 1 N–H and O–H groups in total. The minimum Gasteiger partial charge on any atom is -0.467 e. The molecule has 1 saturated heterocycles. The van der Waals surface area contributed by atoms with Gasteiger partial charge in [-0.2, -0.15) is 13.2 Å². The molecule has 1 amide bonds. The summed E-state index contributed by atoms with van der Waals surface area (Å²) < 4.78 is 45.5. The molecule has 1 fully saturated rings. The van der Waals surface area contributed by atoms with Crippen molar-refractivity contribution in [1.29, 1.82) is 0 Å². The van der Waals surface area contributed by atoms with Gasteiger partial charge in [-0.15, -0.1) is 0 Å². The highest BCUT2D eigenvalue weighted by molar-refractivity contribution is 5.82. The van der Waals surface area contributed by atoms with Crippen molar-refractivity contribution in [2.24, 2.45) is 5.92 Å². The second-order valence-electron chi connectivity index (χ2n) is 8.99. The van der Waals surface area contributed by atoms with E-state index in [4.69, 9.17) is 4.42 Å². The number of anilines is 2. The van der Waals surface area contributed by atoms with Gasteiger partial charge < -0.3 is 19.5 Å². The van der Waals surface area contributed by atoms with Gasteiger partial charge in [0.25, 0.3) is 0 Å². The molecule has 178 valence electrons. The van der Waals surface area contributed by atoms with Gasteiger partial charge in [0.15, 0.2) is 0 Å². The van der Waals surface area contributed by atoms with Crippen LogP contribution in [0.2, 0.25) is 0 Å². The van der Waals surface area contributed by atoms with Gasteiger partial charge >= 0.3 is 6.18 Å². The SMILES string of the molecule is Cc1ccc(N2CCN3c4ccc(C(F)(F)F)cc4C[C@@H](C(=O)NCc4ccco4)[C@H]3C2)cc1. The number of alkyl halides is 3. The molecule has 34 heavy (non-hydrogen) atoms. The highest BCUT2D eigenvalue weighted by atomic mass is 19.4. The first-order valence-electron chi connectivity index (χ1n) is 11.4. The summed E-state index contributed by atoms with van der Waals surface area (Å²) in [6, 6.07) is 15.5. The summed E-state index contributed by atoms with van der Waals surface area (Å²) in [7, 11) is 0. The van der Waals surface area contributed by atoms with E-state index in [2.05, 4.69) is 39.4 Å². The lowest BCUT2D eigenvalue weighted by molar-refractivity contribution is -0.137. The molecule has 8 heteroatoms. The zero-order valence-corrected chi connectivity index (χ0v) is 18.8. The van der Waals surface area contributed by atoms with Crippen molar-refractivity contribution in [3.8, 4) is 0 Å². The highest BCUT2D eigenvalue weighted by Gasteiger charge is 2.42. The molecule has 5 rings (SSSR count). The number of aryl methyl sites for hydroxylation is 1. The summed E-state index contributed by atoms with van der Waals surface area (Å²) in [6.07, 6.45) is -2.63. The molecule has 2 aromatic carbocycles. The minimum atomic E-state index is -4.42. The van der Waals surface area contributed by atoms with E-state index in [0.29, 0.717) is 24.4 Å². The van der Waals surface area contributed by atoms with Crippen molar-refractivity contribution < 1.29 is 22.4 Å². The maximum atomic E-state index is 13.4. The number of carbonyl (C=O) groups excluding carboxylic acids is 1. The summed E-state index contributed by atoms with van der Waals surface area (Å²) in [5, 5.41) is 2.93. The normalized spacial score (nSPS) is 20.0. The van der Waals surface area contributed by atoms with Gasteiger partial charge in [0.1, 0.15) is 5.76 Å². The van der Waals surface area contributed by atoms with Crippen molar-refractivity contribution in [2.75, 3.05) is 29.4 Å². The second-order valence-corrected chi connectivity index (χ2v) is 8.99. The molecule has 2 aliphatic heterocycles. The lowest BCUT2D eigenvalue weighted by Gasteiger charge is -2.49. The highest BCUT2D eigenvalue weighted by Crippen LogP contribution is 2.40. The number of furan rings is 1. The Morgan fingerprint density at radius 1 is 1.12 bits per heavy atom. The van der Waals surface area contributed by atoms with Crippen LogP contribution in [0.3, 0.4) is 0 Å². The molecule has 0 bridgehead atoms. The molecule has 1 aromatic heterocycles. The molecule has 0 aliphatic carbocycles. The van der Waals surface area contributed by atoms with E-state index >= 15 is 0 Å².